The summed E-state index contributed by atoms with van der Waals surface area (Å²) in [4.78, 5) is 28.2. The maximum Gasteiger partial charge on any atom is 0.347 e. The van der Waals surface area contributed by atoms with Crippen LogP contribution in [0.2, 0.25) is 0 Å². The van der Waals surface area contributed by atoms with E-state index in [-0.39, 0.29) is 11.3 Å². The predicted molar refractivity (Wildman–Crippen MR) is 141 cm³/mol. The van der Waals surface area contributed by atoms with Gasteiger partial charge in [0, 0.05) is 42.8 Å². The molecule has 0 spiro atoms. The van der Waals surface area contributed by atoms with Gasteiger partial charge in [-0.2, -0.15) is 0 Å². The highest BCUT2D eigenvalue weighted by atomic mass is 16.4. The Kier molecular flexibility index (Phi) is 6.70. The molecule has 182 valence electrons. The molecule has 2 N–H and O–H groups in total. The lowest BCUT2D eigenvalue weighted by molar-refractivity contribution is 0.104. The average molecular weight is 473 g/mol. The first-order chi connectivity index (χ1) is 17.1. The molecule has 0 atom stereocenters. The van der Waals surface area contributed by atoms with E-state index in [1.165, 1.54) is 17.3 Å². The van der Waals surface area contributed by atoms with Crippen molar-refractivity contribution in [3.8, 4) is 0 Å². The molecular formula is C28H32N4O3. The van der Waals surface area contributed by atoms with E-state index < -0.39 is 5.63 Å². The van der Waals surface area contributed by atoms with Gasteiger partial charge in [0.2, 0.25) is 0 Å². The van der Waals surface area contributed by atoms with Crippen LogP contribution in [0, 0.1) is 0 Å². The molecule has 2 aliphatic rings. The van der Waals surface area contributed by atoms with Crippen molar-refractivity contribution in [2.75, 3.05) is 36.2 Å². The quantitative estimate of drug-likeness (QED) is 0.220. The van der Waals surface area contributed by atoms with Crippen molar-refractivity contribution in [1.29, 1.82) is 0 Å². The third-order valence-electron chi connectivity index (χ3n) is 6.69. The number of anilines is 2. The maximum absolute atomic E-state index is 13.0. The summed E-state index contributed by atoms with van der Waals surface area (Å²) in [6.45, 7) is 7.77. The Morgan fingerprint density at radius 3 is 2.49 bits per heavy atom. The normalized spacial score (nSPS) is 15.0. The number of hydrogen-bond donors (Lipinski definition) is 2. The topological polar surface area (TPSA) is 77.8 Å². The van der Waals surface area contributed by atoms with E-state index in [0.29, 0.717) is 5.58 Å². The number of allylic oxidation sites excluding steroid dienone is 1. The lowest BCUT2D eigenvalue weighted by Gasteiger charge is -2.37. The zero-order valence-electron chi connectivity index (χ0n) is 20.4. The molecule has 3 heterocycles. The van der Waals surface area contributed by atoms with Crippen LogP contribution in [0.15, 0.2) is 51.7 Å². The van der Waals surface area contributed by atoms with Crippen molar-refractivity contribution in [2.24, 2.45) is 0 Å². The number of carbonyl (C=O) groups excluding carboxylic acids is 1. The summed E-state index contributed by atoms with van der Waals surface area (Å²) in [7, 11) is 0. The summed E-state index contributed by atoms with van der Waals surface area (Å²) in [5.74, 6) is -0.348. The van der Waals surface area contributed by atoms with Gasteiger partial charge in [0.15, 0.2) is 5.78 Å². The van der Waals surface area contributed by atoms with Crippen LogP contribution < -0.4 is 26.5 Å². The van der Waals surface area contributed by atoms with E-state index in [2.05, 4.69) is 21.8 Å². The Hall–Kier alpha value is -3.42. The summed E-state index contributed by atoms with van der Waals surface area (Å²) in [6, 6.07) is 11.6. The lowest BCUT2D eigenvalue weighted by atomic mass is 9.90. The first-order valence-corrected chi connectivity index (χ1v) is 12.6. The Balaban J connectivity index is 1.41. The minimum atomic E-state index is -0.571. The lowest BCUT2D eigenvalue weighted by Crippen LogP contribution is -2.48. The number of carbonyl (C=O) groups is 1. The Labute approximate surface area is 205 Å². The van der Waals surface area contributed by atoms with Crippen LogP contribution >= 0.6 is 0 Å². The number of fused-ring (bicyclic) bond motifs is 2. The highest BCUT2D eigenvalue weighted by Gasteiger charge is 2.27. The van der Waals surface area contributed by atoms with Gasteiger partial charge in [-0.1, -0.05) is 32.1 Å². The van der Waals surface area contributed by atoms with Gasteiger partial charge in [0.1, 0.15) is 11.1 Å². The number of nitrogens with one attached hydrogen (secondary N) is 2. The van der Waals surface area contributed by atoms with Crippen molar-refractivity contribution in [1.82, 2.24) is 10.9 Å². The fourth-order valence-corrected chi connectivity index (χ4v) is 5.17. The smallest absolute Gasteiger partial charge is 0.347 e. The number of nitrogens with zero attached hydrogens (tertiary/aromatic N) is 2. The second-order valence-electron chi connectivity index (χ2n) is 9.07. The minimum Gasteiger partial charge on any atom is -0.422 e. The van der Waals surface area contributed by atoms with E-state index in [9.17, 15) is 9.59 Å². The third kappa shape index (κ3) is 4.61. The molecule has 2 aromatic carbocycles. The molecule has 0 saturated carbocycles. The van der Waals surface area contributed by atoms with Gasteiger partial charge in [-0.3, -0.25) is 4.79 Å². The molecule has 7 heteroatoms. The standard InChI is InChI=1S/C28H32N4O3/c1-3-29-32(30-4-2)22-12-9-19(10-13-22)11-14-25(33)24-18-21-17-20-7-5-15-31-16-6-8-23(26(20)31)27(21)35-28(24)34/h9-14,17-18,29-30H,3-8,15-16H2,1-2H3. The highest BCUT2D eigenvalue weighted by molar-refractivity contribution is 6.08. The SMILES string of the molecule is CCNN(NCC)c1ccc(C=CC(=O)c2cc3cc4c5c(c3oc2=O)CCCN5CCC4)cc1. The number of aryl methyl sites for hydroxylation is 2. The van der Waals surface area contributed by atoms with Crippen LogP contribution in [0.1, 0.15) is 53.7 Å². The second-order valence-corrected chi connectivity index (χ2v) is 9.07. The molecule has 0 fully saturated rings. The fourth-order valence-electron chi connectivity index (χ4n) is 5.17. The van der Waals surface area contributed by atoms with E-state index in [4.69, 9.17) is 4.42 Å². The molecule has 0 radical (unpaired) electrons. The van der Waals surface area contributed by atoms with Crippen molar-refractivity contribution in [2.45, 2.75) is 39.5 Å². The van der Waals surface area contributed by atoms with E-state index in [0.717, 1.165) is 74.1 Å². The molecule has 1 aromatic heterocycles. The molecule has 0 unspecified atom stereocenters. The molecule has 3 aromatic rings. The third-order valence-corrected chi connectivity index (χ3v) is 6.69. The number of ketones is 1. The molecule has 0 saturated heterocycles. The number of hydrazine groups is 2. The molecule has 0 bridgehead atoms. The van der Waals surface area contributed by atoms with Crippen molar-refractivity contribution in [3.63, 3.8) is 0 Å². The monoisotopic (exact) mass is 472 g/mol. The van der Waals surface area contributed by atoms with Gasteiger partial charge in [-0.05, 0) is 67.2 Å². The summed E-state index contributed by atoms with van der Waals surface area (Å²) in [5.41, 5.74) is 12.2. The Morgan fingerprint density at radius 1 is 1.06 bits per heavy atom. The van der Waals surface area contributed by atoms with Gasteiger partial charge < -0.3 is 9.32 Å². The summed E-state index contributed by atoms with van der Waals surface area (Å²) in [5, 5.41) is 2.72. The number of rotatable bonds is 8. The molecular weight excluding hydrogens is 440 g/mol. The Morgan fingerprint density at radius 2 is 1.77 bits per heavy atom. The molecule has 2 aliphatic heterocycles. The molecule has 0 aliphatic carbocycles. The highest BCUT2D eigenvalue weighted by Crippen LogP contribution is 2.39. The number of benzene rings is 2. The van der Waals surface area contributed by atoms with Crippen LogP contribution in [-0.2, 0) is 12.8 Å². The van der Waals surface area contributed by atoms with Crippen LogP contribution in [0.4, 0.5) is 11.4 Å². The van der Waals surface area contributed by atoms with E-state index in [1.54, 1.807) is 12.1 Å². The first-order valence-electron chi connectivity index (χ1n) is 12.6. The second kappa shape index (κ2) is 10.1. The maximum atomic E-state index is 13.0. The van der Waals surface area contributed by atoms with Crippen molar-refractivity contribution in [3.05, 3.63) is 75.1 Å². The summed E-state index contributed by atoms with van der Waals surface area (Å²) >= 11 is 0. The summed E-state index contributed by atoms with van der Waals surface area (Å²) in [6.07, 6.45) is 7.28. The zero-order valence-corrected chi connectivity index (χ0v) is 20.4. The van der Waals surface area contributed by atoms with Crippen molar-refractivity contribution >= 4 is 34.2 Å². The van der Waals surface area contributed by atoms with Crippen molar-refractivity contribution < 1.29 is 9.21 Å². The molecule has 5 rings (SSSR count). The molecule has 0 amide bonds. The molecule has 35 heavy (non-hydrogen) atoms. The van der Waals surface area contributed by atoms with Crippen LogP contribution in [0.25, 0.3) is 17.0 Å². The van der Waals surface area contributed by atoms with Crippen LogP contribution in [0.3, 0.4) is 0 Å². The van der Waals surface area contributed by atoms with E-state index in [1.807, 2.05) is 43.2 Å². The van der Waals surface area contributed by atoms with Gasteiger partial charge >= 0.3 is 5.63 Å². The zero-order chi connectivity index (χ0) is 24.4. The first kappa shape index (κ1) is 23.3. The summed E-state index contributed by atoms with van der Waals surface area (Å²) < 4.78 is 5.77. The largest absolute Gasteiger partial charge is 0.422 e. The van der Waals surface area contributed by atoms with Gasteiger partial charge in [-0.15, -0.1) is 0 Å². The van der Waals surface area contributed by atoms with Crippen LogP contribution in [0.5, 0.6) is 0 Å². The van der Waals surface area contributed by atoms with Gasteiger partial charge in [0.05, 0.1) is 5.69 Å². The fraction of sp³-hybridized carbons (Fsp3) is 0.357. The molecule has 7 nitrogen and oxygen atoms in total. The van der Waals surface area contributed by atoms with Crippen LogP contribution in [-0.4, -0.2) is 32.0 Å². The predicted octanol–water partition coefficient (Wildman–Crippen LogP) is 4.24. The number of hydrogen-bond acceptors (Lipinski definition) is 7. The minimum absolute atomic E-state index is 0.0754. The van der Waals surface area contributed by atoms with Gasteiger partial charge in [-0.25, -0.2) is 20.8 Å². The van der Waals surface area contributed by atoms with Gasteiger partial charge in [0.25, 0.3) is 0 Å². The average Bonchev–Trinajstić information content (AvgIpc) is 2.88. The Bertz CT molecular complexity index is 1320. The van der Waals surface area contributed by atoms with E-state index >= 15 is 0 Å².